The highest BCUT2D eigenvalue weighted by atomic mass is 16.1. The fraction of sp³-hybridized carbons (Fsp3) is 0.269. The highest BCUT2D eigenvalue weighted by Crippen LogP contribution is 2.27. The van der Waals surface area contributed by atoms with Gasteiger partial charge in [0.05, 0.1) is 30.2 Å². The first-order valence-corrected chi connectivity index (χ1v) is 11.6. The Morgan fingerprint density at radius 2 is 1.83 bits per heavy atom. The van der Waals surface area contributed by atoms with E-state index < -0.39 is 5.54 Å². The number of H-pyrrole nitrogens is 1. The van der Waals surface area contributed by atoms with Gasteiger partial charge in [-0.25, -0.2) is 19.4 Å². The summed E-state index contributed by atoms with van der Waals surface area (Å²) in [5, 5.41) is 8.35. The molecule has 0 aliphatic heterocycles. The Labute approximate surface area is 202 Å². The number of imidazole rings is 1. The molecule has 9 nitrogen and oxygen atoms in total. The van der Waals surface area contributed by atoms with Crippen LogP contribution in [0, 0.1) is 0 Å². The summed E-state index contributed by atoms with van der Waals surface area (Å²) in [6.07, 6.45) is 3.50. The van der Waals surface area contributed by atoms with E-state index in [0.29, 0.717) is 35.1 Å². The number of nitrogens with one attached hydrogen (secondary N) is 1. The van der Waals surface area contributed by atoms with Crippen LogP contribution in [-0.4, -0.2) is 34.5 Å². The van der Waals surface area contributed by atoms with E-state index in [9.17, 15) is 4.79 Å². The zero-order valence-electron chi connectivity index (χ0n) is 20.2. The number of hydrogen-bond donors (Lipinski definition) is 2. The van der Waals surface area contributed by atoms with Gasteiger partial charge in [-0.15, -0.1) is 5.10 Å². The third kappa shape index (κ3) is 4.38. The highest BCUT2D eigenvalue weighted by Gasteiger charge is 2.19. The van der Waals surface area contributed by atoms with Gasteiger partial charge in [0.1, 0.15) is 11.2 Å². The number of nitrogens with zero attached hydrogens (tertiary/aromatic N) is 6. The molecule has 0 aliphatic carbocycles. The van der Waals surface area contributed by atoms with Crippen molar-refractivity contribution in [2.24, 2.45) is 5.73 Å². The predicted molar refractivity (Wildman–Crippen MR) is 135 cm³/mol. The van der Waals surface area contributed by atoms with Crippen LogP contribution in [0.3, 0.4) is 0 Å². The molecule has 0 atom stereocenters. The summed E-state index contributed by atoms with van der Waals surface area (Å²) >= 11 is 0. The largest absolute Gasteiger partial charge is 0.328 e. The Morgan fingerprint density at radius 3 is 2.51 bits per heavy atom. The van der Waals surface area contributed by atoms with Crippen LogP contribution in [0.5, 0.6) is 0 Å². The second-order valence-corrected chi connectivity index (χ2v) is 9.63. The number of nitrogens with two attached hydrogens (primary N) is 1. The van der Waals surface area contributed by atoms with Gasteiger partial charge in [0, 0.05) is 5.56 Å². The Kier molecular flexibility index (Phi) is 5.56. The van der Waals surface area contributed by atoms with E-state index in [1.54, 1.807) is 15.4 Å². The Hall–Kier alpha value is -4.11. The van der Waals surface area contributed by atoms with Crippen molar-refractivity contribution in [3.8, 4) is 17.1 Å². The molecule has 178 valence electrons. The summed E-state index contributed by atoms with van der Waals surface area (Å²) < 4.78 is 3.33. The van der Waals surface area contributed by atoms with Gasteiger partial charge in [-0.1, -0.05) is 55.5 Å². The Balaban J connectivity index is 1.47. The minimum Gasteiger partial charge on any atom is -0.320 e. The maximum absolute atomic E-state index is 12.8. The van der Waals surface area contributed by atoms with E-state index in [1.807, 2.05) is 62.5 Å². The van der Waals surface area contributed by atoms with E-state index in [0.717, 1.165) is 16.8 Å². The van der Waals surface area contributed by atoms with Crippen molar-refractivity contribution in [2.45, 2.75) is 45.7 Å². The van der Waals surface area contributed by atoms with E-state index in [-0.39, 0.29) is 5.69 Å². The minimum absolute atomic E-state index is 0.223. The quantitative estimate of drug-likeness (QED) is 0.392. The first-order chi connectivity index (χ1) is 16.7. The molecule has 5 rings (SSSR count). The van der Waals surface area contributed by atoms with Gasteiger partial charge in [-0.05, 0) is 43.0 Å². The van der Waals surface area contributed by atoms with E-state index in [1.165, 1.54) is 5.56 Å². The molecule has 0 unspecified atom stereocenters. The summed E-state index contributed by atoms with van der Waals surface area (Å²) in [7, 11) is 0. The molecule has 2 aromatic carbocycles. The summed E-state index contributed by atoms with van der Waals surface area (Å²) in [6, 6.07) is 15.9. The molecule has 0 fully saturated rings. The zero-order valence-corrected chi connectivity index (χ0v) is 20.2. The number of benzene rings is 2. The lowest BCUT2D eigenvalue weighted by Gasteiger charge is -2.13. The number of fused-ring (bicyclic) bond motifs is 1. The zero-order chi connectivity index (χ0) is 24.7. The molecular weight excluding hydrogens is 440 g/mol. The summed E-state index contributed by atoms with van der Waals surface area (Å²) in [5.74, 6) is 0.934. The van der Waals surface area contributed by atoms with Crippen LogP contribution in [0.1, 0.15) is 50.4 Å². The standard InChI is InChI=1S/C26H28N8O/c1-16(2)19-7-5-6-8-20(19)23-28-13-21-24(30-23)33(25(35)29-21)14-17-9-11-18(12-10-17)34-15-22(31-32-34)26(3,4)27/h5-13,15-16H,14,27H2,1-4H3,(H,29,35). The van der Waals surface area contributed by atoms with Crippen LogP contribution in [0.4, 0.5) is 0 Å². The van der Waals surface area contributed by atoms with Crippen LogP contribution >= 0.6 is 0 Å². The molecule has 3 aromatic heterocycles. The van der Waals surface area contributed by atoms with Crippen LogP contribution < -0.4 is 11.4 Å². The number of aromatic amines is 1. The van der Waals surface area contributed by atoms with Crippen LogP contribution in [0.25, 0.3) is 28.2 Å². The molecule has 0 saturated carbocycles. The Bertz CT molecular complexity index is 1550. The number of aromatic nitrogens is 7. The van der Waals surface area contributed by atoms with Gasteiger partial charge >= 0.3 is 5.69 Å². The highest BCUT2D eigenvalue weighted by molar-refractivity contribution is 5.73. The smallest absolute Gasteiger partial charge is 0.320 e. The van der Waals surface area contributed by atoms with E-state index in [2.05, 4.69) is 40.2 Å². The monoisotopic (exact) mass is 468 g/mol. The first kappa shape index (κ1) is 22.7. The molecule has 0 saturated heterocycles. The second kappa shape index (κ2) is 8.59. The second-order valence-electron chi connectivity index (χ2n) is 9.63. The first-order valence-electron chi connectivity index (χ1n) is 11.6. The number of rotatable bonds is 6. The normalized spacial score (nSPS) is 12.1. The van der Waals surface area contributed by atoms with Gasteiger partial charge in [0.25, 0.3) is 0 Å². The molecule has 0 radical (unpaired) electrons. The lowest BCUT2D eigenvalue weighted by atomic mass is 9.97. The molecule has 0 amide bonds. The fourth-order valence-corrected chi connectivity index (χ4v) is 4.05. The summed E-state index contributed by atoms with van der Waals surface area (Å²) in [5.41, 5.74) is 11.2. The molecule has 5 aromatic rings. The third-order valence-electron chi connectivity index (χ3n) is 6.03. The van der Waals surface area contributed by atoms with Crippen molar-refractivity contribution in [1.29, 1.82) is 0 Å². The molecular formula is C26H28N8O. The van der Waals surface area contributed by atoms with Crippen molar-refractivity contribution in [3.05, 3.63) is 88.2 Å². The van der Waals surface area contributed by atoms with Crippen molar-refractivity contribution in [1.82, 2.24) is 34.5 Å². The van der Waals surface area contributed by atoms with Crippen molar-refractivity contribution < 1.29 is 0 Å². The maximum atomic E-state index is 12.8. The lowest BCUT2D eigenvalue weighted by molar-refractivity contribution is 0.533. The van der Waals surface area contributed by atoms with Gasteiger partial charge < -0.3 is 10.7 Å². The molecule has 3 N–H and O–H groups in total. The lowest BCUT2D eigenvalue weighted by Crippen LogP contribution is -2.29. The van der Waals surface area contributed by atoms with E-state index in [4.69, 9.17) is 10.7 Å². The molecule has 0 aliphatic rings. The number of hydrogen-bond acceptors (Lipinski definition) is 6. The molecule has 9 heteroatoms. The third-order valence-corrected chi connectivity index (χ3v) is 6.03. The van der Waals surface area contributed by atoms with Gasteiger partial charge in [0.2, 0.25) is 0 Å². The van der Waals surface area contributed by atoms with Crippen LogP contribution in [-0.2, 0) is 12.1 Å². The maximum Gasteiger partial charge on any atom is 0.328 e. The predicted octanol–water partition coefficient (Wildman–Crippen LogP) is 3.73. The van der Waals surface area contributed by atoms with Crippen LogP contribution in [0.2, 0.25) is 0 Å². The SMILES string of the molecule is CC(C)c1ccccc1-c1ncc2[nH]c(=O)n(Cc3ccc(-n4cc(C(C)(C)N)nn4)cc3)c2n1. The van der Waals surface area contributed by atoms with Crippen molar-refractivity contribution in [2.75, 3.05) is 0 Å². The summed E-state index contributed by atoms with van der Waals surface area (Å²) in [4.78, 5) is 24.9. The summed E-state index contributed by atoms with van der Waals surface area (Å²) in [6.45, 7) is 8.44. The van der Waals surface area contributed by atoms with Gasteiger partial charge in [-0.2, -0.15) is 0 Å². The van der Waals surface area contributed by atoms with Crippen molar-refractivity contribution >= 4 is 11.2 Å². The molecule has 0 bridgehead atoms. The van der Waals surface area contributed by atoms with Gasteiger partial charge in [0.15, 0.2) is 11.5 Å². The molecule has 35 heavy (non-hydrogen) atoms. The Morgan fingerprint density at radius 1 is 1.09 bits per heavy atom. The average molecular weight is 469 g/mol. The molecule has 3 heterocycles. The van der Waals surface area contributed by atoms with Crippen molar-refractivity contribution in [3.63, 3.8) is 0 Å². The van der Waals surface area contributed by atoms with Gasteiger partial charge in [-0.3, -0.25) is 4.57 Å². The van der Waals surface area contributed by atoms with Crippen LogP contribution in [0.15, 0.2) is 65.7 Å². The topological polar surface area (TPSA) is 120 Å². The minimum atomic E-state index is -0.564. The van der Waals surface area contributed by atoms with E-state index >= 15 is 0 Å². The average Bonchev–Trinajstić information content (AvgIpc) is 3.45. The fourth-order valence-electron chi connectivity index (χ4n) is 4.05. The molecule has 0 spiro atoms.